The van der Waals surface area contributed by atoms with Crippen molar-refractivity contribution < 1.29 is 9.90 Å². The Morgan fingerprint density at radius 1 is 1.61 bits per heavy atom. The molecule has 1 aliphatic heterocycles. The maximum atomic E-state index is 12.5. The molecule has 1 aromatic rings. The summed E-state index contributed by atoms with van der Waals surface area (Å²) in [6.07, 6.45) is 4.58. The molecule has 1 N–H and O–H groups in total. The molecule has 4 nitrogen and oxygen atoms in total. The molecule has 0 spiro atoms. The molecule has 5 heteroatoms. The van der Waals surface area contributed by atoms with Crippen LogP contribution in [0.4, 0.5) is 0 Å². The average Bonchev–Trinajstić information content (AvgIpc) is 2.95. The SMILES string of the molecule is CCCn1cc(Cl)cc1C(=O)N1CCC[C@H]1CO. The molecular weight excluding hydrogens is 252 g/mol. The maximum absolute atomic E-state index is 12.5. The molecule has 0 aromatic carbocycles. The molecular formula is C13H19ClN2O2. The quantitative estimate of drug-likeness (QED) is 0.911. The Hall–Kier alpha value is -1.00. The van der Waals surface area contributed by atoms with Crippen LogP contribution >= 0.6 is 11.6 Å². The molecule has 0 saturated carbocycles. The van der Waals surface area contributed by atoms with Crippen LogP contribution < -0.4 is 0 Å². The zero-order chi connectivity index (χ0) is 13.1. The number of carbonyl (C=O) groups is 1. The van der Waals surface area contributed by atoms with Gasteiger partial charge in [-0.2, -0.15) is 0 Å². The summed E-state index contributed by atoms with van der Waals surface area (Å²) in [5.41, 5.74) is 0.627. The first-order chi connectivity index (χ1) is 8.67. The van der Waals surface area contributed by atoms with Crippen LogP contribution in [0.1, 0.15) is 36.7 Å². The van der Waals surface area contributed by atoms with E-state index in [0.717, 1.165) is 32.4 Å². The summed E-state index contributed by atoms with van der Waals surface area (Å²) in [6, 6.07) is 1.67. The van der Waals surface area contributed by atoms with Crippen molar-refractivity contribution in [2.75, 3.05) is 13.2 Å². The predicted octanol–water partition coefficient (Wildman–Crippen LogP) is 2.15. The summed E-state index contributed by atoms with van der Waals surface area (Å²) in [5, 5.41) is 9.87. The van der Waals surface area contributed by atoms with E-state index in [-0.39, 0.29) is 18.6 Å². The minimum absolute atomic E-state index is 0.0214. The van der Waals surface area contributed by atoms with E-state index in [9.17, 15) is 9.90 Å². The molecule has 0 aliphatic carbocycles. The van der Waals surface area contributed by atoms with E-state index in [1.165, 1.54) is 0 Å². The summed E-state index contributed by atoms with van der Waals surface area (Å²) >= 11 is 5.98. The molecule has 1 amide bonds. The number of aliphatic hydroxyl groups excluding tert-OH is 1. The second kappa shape index (κ2) is 5.76. The Balaban J connectivity index is 2.22. The summed E-state index contributed by atoms with van der Waals surface area (Å²) in [5.74, 6) is -0.0214. The van der Waals surface area contributed by atoms with Crippen molar-refractivity contribution in [1.82, 2.24) is 9.47 Å². The lowest BCUT2D eigenvalue weighted by atomic mass is 10.2. The number of carbonyl (C=O) groups excluding carboxylic acids is 1. The highest BCUT2D eigenvalue weighted by atomic mass is 35.5. The molecule has 18 heavy (non-hydrogen) atoms. The van der Waals surface area contributed by atoms with Crippen LogP contribution in [-0.2, 0) is 6.54 Å². The number of amides is 1. The fourth-order valence-corrected chi connectivity index (χ4v) is 2.74. The number of aromatic nitrogens is 1. The van der Waals surface area contributed by atoms with E-state index in [1.54, 1.807) is 17.2 Å². The van der Waals surface area contributed by atoms with Crippen molar-refractivity contribution in [2.24, 2.45) is 0 Å². The monoisotopic (exact) mass is 270 g/mol. The largest absolute Gasteiger partial charge is 0.394 e. The van der Waals surface area contributed by atoms with Crippen LogP contribution in [0.5, 0.6) is 0 Å². The number of aryl methyl sites for hydroxylation is 1. The summed E-state index contributed by atoms with van der Waals surface area (Å²) in [6.45, 7) is 3.60. The lowest BCUT2D eigenvalue weighted by Gasteiger charge is -2.23. The Kier molecular flexibility index (Phi) is 4.30. The third-order valence-corrected chi connectivity index (χ3v) is 3.60. The van der Waals surface area contributed by atoms with Crippen molar-refractivity contribution in [1.29, 1.82) is 0 Å². The van der Waals surface area contributed by atoms with Crippen LogP contribution in [0, 0.1) is 0 Å². The zero-order valence-corrected chi connectivity index (χ0v) is 11.4. The number of rotatable bonds is 4. The number of hydrogen-bond acceptors (Lipinski definition) is 2. The van der Waals surface area contributed by atoms with Gasteiger partial charge in [-0.3, -0.25) is 4.79 Å². The van der Waals surface area contributed by atoms with Gasteiger partial charge in [-0.25, -0.2) is 0 Å². The Bertz CT molecular complexity index is 431. The van der Waals surface area contributed by atoms with E-state index in [1.807, 2.05) is 4.57 Å². The lowest BCUT2D eigenvalue weighted by Crippen LogP contribution is -2.38. The average molecular weight is 271 g/mol. The molecule has 2 heterocycles. The second-order valence-electron chi connectivity index (χ2n) is 4.71. The normalized spacial score (nSPS) is 19.5. The van der Waals surface area contributed by atoms with Gasteiger partial charge >= 0.3 is 0 Å². The van der Waals surface area contributed by atoms with Gasteiger partial charge in [0.2, 0.25) is 0 Å². The van der Waals surface area contributed by atoms with Gasteiger partial charge in [0, 0.05) is 19.3 Å². The van der Waals surface area contributed by atoms with Gasteiger partial charge in [0.15, 0.2) is 0 Å². The predicted molar refractivity (Wildman–Crippen MR) is 70.9 cm³/mol. The Labute approximate surface area is 112 Å². The number of aliphatic hydroxyl groups is 1. The molecule has 1 atom stereocenters. The highest BCUT2D eigenvalue weighted by molar-refractivity contribution is 6.31. The number of halogens is 1. The number of likely N-dealkylation sites (tertiary alicyclic amines) is 1. The highest BCUT2D eigenvalue weighted by Gasteiger charge is 2.30. The van der Waals surface area contributed by atoms with E-state index < -0.39 is 0 Å². The Morgan fingerprint density at radius 2 is 2.39 bits per heavy atom. The summed E-state index contributed by atoms with van der Waals surface area (Å²) < 4.78 is 1.90. The van der Waals surface area contributed by atoms with Crippen molar-refractivity contribution in [3.63, 3.8) is 0 Å². The van der Waals surface area contributed by atoms with Crippen molar-refractivity contribution in [2.45, 2.75) is 38.8 Å². The number of hydrogen-bond donors (Lipinski definition) is 1. The molecule has 0 radical (unpaired) electrons. The van der Waals surface area contributed by atoms with Crippen molar-refractivity contribution in [3.05, 3.63) is 23.0 Å². The number of nitrogens with zero attached hydrogens (tertiary/aromatic N) is 2. The van der Waals surface area contributed by atoms with E-state index in [4.69, 9.17) is 11.6 Å². The fraction of sp³-hybridized carbons (Fsp3) is 0.615. The molecule has 100 valence electrons. The second-order valence-corrected chi connectivity index (χ2v) is 5.15. The standard InChI is InChI=1S/C13H19ClN2O2/c1-2-5-15-8-10(14)7-12(15)13(18)16-6-3-4-11(16)9-17/h7-8,11,17H,2-6,9H2,1H3/t11-/m0/s1. The Morgan fingerprint density at radius 3 is 3.06 bits per heavy atom. The van der Waals surface area contributed by atoms with Gasteiger partial charge in [0.25, 0.3) is 5.91 Å². The van der Waals surface area contributed by atoms with Crippen molar-refractivity contribution in [3.8, 4) is 0 Å². The third-order valence-electron chi connectivity index (χ3n) is 3.40. The first-order valence-corrected chi connectivity index (χ1v) is 6.82. The minimum Gasteiger partial charge on any atom is -0.394 e. The minimum atomic E-state index is -0.0405. The summed E-state index contributed by atoms with van der Waals surface area (Å²) in [7, 11) is 0. The van der Waals surface area contributed by atoms with Crippen LogP contribution in [0.3, 0.4) is 0 Å². The summed E-state index contributed by atoms with van der Waals surface area (Å²) in [4.78, 5) is 14.2. The molecule has 1 saturated heterocycles. The van der Waals surface area contributed by atoms with E-state index in [2.05, 4.69) is 6.92 Å². The lowest BCUT2D eigenvalue weighted by molar-refractivity contribution is 0.0666. The molecule has 1 aromatic heterocycles. The molecule has 1 fully saturated rings. The van der Waals surface area contributed by atoms with Gasteiger partial charge in [-0.05, 0) is 25.3 Å². The fourth-order valence-electron chi connectivity index (χ4n) is 2.52. The smallest absolute Gasteiger partial charge is 0.270 e. The highest BCUT2D eigenvalue weighted by Crippen LogP contribution is 2.22. The molecule has 0 bridgehead atoms. The zero-order valence-electron chi connectivity index (χ0n) is 10.6. The van der Waals surface area contributed by atoms with E-state index >= 15 is 0 Å². The first-order valence-electron chi connectivity index (χ1n) is 6.45. The van der Waals surface area contributed by atoms with Crippen LogP contribution in [0.25, 0.3) is 0 Å². The first kappa shape index (κ1) is 13.4. The topological polar surface area (TPSA) is 45.5 Å². The van der Waals surface area contributed by atoms with Crippen LogP contribution in [0.15, 0.2) is 12.3 Å². The van der Waals surface area contributed by atoms with Gasteiger partial charge in [0.1, 0.15) is 5.69 Å². The van der Waals surface area contributed by atoms with Gasteiger partial charge in [0.05, 0.1) is 17.7 Å². The third kappa shape index (κ3) is 2.54. The molecule has 2 rings (SSSR count). The molecule has 1 aliphatic rings. The van der Waals surface area contributed by atoms with E-state index in [0.29, 0.717) is 10.7 Å². The van der Waals surface area contributed by atoms with Gasteiger partial charge in [-0.1, -0.05) is 18.5 Å². The molecule has 0 unspecified atom stereocenters. The van der Waals surface area contributed by atoms with Crippen LogP contribution in [0.2, 0.25) is 5.02 Å². The maximum Gasteiger partial charge on any atom is 0.270 e. The van der Waals surface area contributed by atoms with Crippen LogP contribution in [-0.4, -0.2) is 39.7 Å². The van der Waals surface area contributed by atoms with Gasteiger partial charge < -0.3 is 14.6 Å². The van der Waals surface area contributed by atoms with Gasteiger partial charge in [-0.15, -0.1) is 0 Å². The van der Waals surface area contributed by atoms with Crippen molar-refractivity contribution >= 4 is 17.5 Å².